The Bertz CT molecular complexity index is 660. The van der Waals surface area contributed by atoms with Gasteiger partial charge in [-0.3, -0.25) is 0 Å². The Kier molecular flexibility index (Phi) is 4.09. The van der Waals surface area contributed by atoms with Crippen molar-refractivity contribution < 1.29 is 19.0 Å². The van der Waals surface area contributed by atoms with Crippen LogP contribution in [0.4, 0.5) is 4.39 Å². The fourth-order valence-electron chi connectivity index (χ4n) is 1.81. The molecule has 0 aliphatic rings. The summed E-state index contributed by atoms with van der Waals surface area (Å²) in [5, 5.41) is 8.78. The van der Waals surface area contributed by atoms with Crippen molar-refractivity contribution in [2.24, 2.45) is 0 Å². The molecule has 0 unspecified atom stereocenters. The van der Waals surface area contributed by atoms with Crippen LogP contribution in [0.1, 0.15) is 21.5 Å². The van der Waals surface area contributed by atoms with Crippen molar-refractivity contribution in [2.45, 2.75) is 13.8 Å². The number of hydrogen-bond acceptors (Lipinski definition) is 2. The molecule has 0 aromatic heterocycles. The molecule has 2 aromatic rings. The molecular formula is C15H12BrFO3. The minimum Gasteiger partial charge on any atom is -0.478 e. The van der Waals surface area contributed by atoms with Crippen LogP contribution in [0.15, 0.2) is 34.8 Å². The fraction of sp³-hybridized carbons (Fsp3) is 0.133. The number of aryl methyl sites for hydroxylation is 2. The van der Waals surface area contributed by atoms with Crippen molar-refractivity contribution in [2.75, 3.05) is 0 Å². The van der Waals surface area contributed by atoms with Crippen LogP contribution < -0.4 is 4.74 Å². The lowest BCUT2D eigenvalue weighted by Crippen LogP contribution is -1.98. The Balaban J connectivity index is 2.33. The minimum atomic E-state index is -1.18. The van der Waals surface area contributed by atoms with Gasteiger partial charge < -0.3 is 9.84 Å². The molecule has 2 rings (SSSR count). The van der Waals surface area contributed by atoms with Crippen molar-refractivity contribution in [1.82, 2.24) is 0 Å². The summed E-state index contributed by atoms with van der Waals surface area (Å²) in [6, 6.07) is 7.12. The third kappa shape index (κ3) is 2.99. The standard InChI is InChI=1S/C15H12BrFO3/c1-8-5-11(6-9(2)14(8)16)20-13-4-3-10(15(18)19)7-12(13)17/h3-7H,1-2H3,(H,18,19). The van der Waals surface area contributed by atoms with Gasteiger partial charge in [0.2, 0.25) is 0 Å². The Morgan fingerprint density at radius 1 is 1.20 bits per heavy atom. The van der Waals surface area contributed by atoms with E-state index in [0.717, 1.165) is 21.7 Å². The van der Waals surface area contributed by atoms with Gasteiger partial charge in [-0.2, -0.15) is 0 Å². The molecule has 0 heterocycles. The van der Waals surface area contributed by atoms with E-state index < -0.39 is 11.8 Å². The zero-order valence-corrected chi connectivity index (χ0v) is 12.5. The first kappa shape index (κ1) is 14.5. The smallest absolute Gasteiger partial charge is 0.335 e. The molecule has 0 aliphatic carbocycles. The third-order valence-corrected chi connectivity index (χ3v) is 4.07. The predicted molar refractivity (Wildman–Crippen MR) is 77.0 cm³/mol. The predicted octanol–water partition coefficient (Wildman–Crippen LogP) is 4.70. The maximum Gasteiger partial charge on any atom is 0.335 e. The average molecular weight is 339 g/mol. The highest BCUT2D eigenvalue weighted by Crippen LogP contribution is 2.30. The van der Waals surface area contributed by atoms with E-state index in [1.165, 1.54) is 12.1 Å². The second-order valence-electron chi connectivity index (χ2n) is 4.42. The summed E-state index contributed by atoms with van der Waals surface area (Å²) in [7, 11) is 0. The SMILES string of the molecule is Cc1cc(Oc2ccc(C(=O)O)cc2F)cc(C)c1Br. The van der Waals surface area contributed by atoms with Gasteiger partial charge in [0.25, 0.3) is 0 Å². The first-order chi connectivity index (χ1) is 9.38. The van der Waals surface area contributed by atoms with E-state index in [-0.39, 0.29) is 11.3 Å². The van der Waals surface area contributed by atoms with Gasteiger partial charge >= 0.3 is 5.97 Å². The normalized spacial score (nSPS) is 10.4. The van der Waals surface area contributed by atoms with Crippen LogP contribution in [0.3, 0.4) is 0 Å². The molecule has 0 atom stereocenters. The molecular weight excluding hydrogens is 327 g/mol. The third-order valence-electron chi connectivity index (χ3n) is 2.82. The van der Waals surface area contributed by atoms with Gasteiger partial charge in [-0.15, -0.1) is 0 Å². The first-order valence-corrected chi connectivity index (χ1v) is 6.65. The second kappa shape index (κ2) is 5.63. The van der Waals surface area contributed by atoms with E-state index in [2.05, 4.69) is 15.9 Å². The van der Waals surface area contributed by atoms with Crippen LogP contribution in [0.2, 0.25) is 0 Å². The van der Waals surface area contributed by atoms with Crippen LogP contribution in [0.5, 0.6) is 11.5 Å². The zero-order chi connectivity index (χ0) is 14.9. The summed E-state index contributed by atoms with van der Waals surface area (Å²) < 4.78 is 20.2. The number of aromatic carboxylic acids is 1. The Labute approximate surface area is 124 Å². The van der Waals surface area contributed by atoms with Crippen molar-refractivity contribution in [1.29, 1.82) is 0 Å². The molecule has 0 fully saturated rings. The molecule has 104 valence electrons. The molecule has 0 radical (unpaired) electrons. The summed E-state index contributed by atoms with van der Waals surface area (Å²) in [4.78, 5) is 10.7. The first-order valence-electron chi connectivity index (χ1n) is 5.86. The largest absolute Gasteiger partial charge is 0.478 e. The quantitative estimate of drug-likeness (QED) is 0.882. The highest BCUT2D eigenvalue weighted by molar-refractivity contribution is 9.10. The molecule has 0 spiro atoms. The number of ether oxygens (including phenoxy) is 1. The van der Waals surface area contributed by atoms with Gasteiger partial charge in [-0.1, -0.05) is 15.9 Å². The Morgan fingerprint density at radius 3 is 2.30 bits per heavy atom. The van der Waals surface area contributed by atoms with Gasteiger partial charge in [0.05, 0.1) is 5.56 Å². The van der Waals surface area contributed by atoms with Crippen LogP contribution in [-0.4, -0.2) is 11.1 Å². The van der Waals surface area contributed by atoms with Crippen molar-refractivity contribution in [3.63, 3.8) is 0 Å². The van der Waals surface area contributed by atoms with Gasteiger partial charge in [-0.05, 0) is 55.3 Å². The molecule has 0 bridgehead atoms. The topological polar surface area (TPSA) is 46.5 Å². The molecule has 3 nitrogen and oxygen atoms in total. The summed E-state index contributed by atoms with van der Waals surface area (Å²) >= 11 is 3.44. The lowest BCUT2D eigenvalue weighted by molar-refractivity contribution is 0.0696. The average Bonchev–Trinajstić information content (AvgIpc) is 2.38. The summed E-state index contributed by atoms with van der Waals surface area (Å²) in [5.41, 5.74) is 1.84. The van der Waals surface area contributed by atoms with Crippen LogP contribution in [0, 0.1) is 19.7 Å². The minimum absolute atomic E-state index is 0.00359. The number of hydrogen-bond donors (Lipinski definition) is 1. The van der Waals surface area contributed by atoms with Gasteiger partial charge in [0.1, 0.15) is 5.75 Å². The summed E-state index contributed by atoms with van der Waals surface area (Å²) in [6.07, 6.45) is 0. The number of carboxylic acid groups (broad SMARTS) is 1. The molecule has 0 amide bonds. The molecule has 0 saturated heterocycles. The fourth-order valence-corrected chi connectivity index (χ4v) is 2.04. The van der Waals surface area contributed by atoms with E-state index in [4.69, 9.17) is 9.84 Å². The molecule has 0 saturated carbocycles. The highest BCUT2D eigenvalue weighted by atomic mass is 79.9. The number of carbonyl (C=O) groups is 1. The summed E-state index contributed by atoms with van der Waals surface area (Å²) in [5.74, 6) is -1.38. The lowest BCUT2D eigenvalue weighted by atomic mass is 10.1. The molecule has 5 heteroatoms. The number of halogens is 2. The molecule has 20 heavy (non-hydrogen) atoms. The van der Waals surface area contributed by atoms with Gasteiger partial charge in [0.15, 0.2) is 11.6 Å². The van der Waals surface area contributed by atoms with Crippen LogP contribution >= 0.6 is 15.9 Å². The number of benzene rings is 2. The zero-order valence-electron chi connectivity index (χ0n) is 10.9. The Hall–Kier alpha value is -1.88. The van der Waals surface area contributed by atoms with Crippen LogP contribution in [-0.2, 0) is 0 Å². The number of rotatable bonds is 3. The highest BCUT2D eigenvalue weighted by Gasteiger charge is 2.11. The molecule has 0 aliphatic heterocycles. The number of carboxylic acids is 1. The second-order valence-corrected chi connectivity index (χ2v) is 5.22. The lowest BCUT2D eigenvalue weighted by Gasteiger charge is -2.10. The van der Waals surface area contributed by atoms with Gasteiger partial charge in [-0.25, -0.2) is 9.18 Å². The summed E-state index contributed by atoms with van der Waals surface area (Å²) in [6.45, 7) is 3.82. The van der Waals surface area contributed by atoms with E-state index in [9.17, 15) is 9.18 Å². The van der Waals surface area contributed by atoms with E-state index >= 15 is 0 Å². The van der Waals surface area contributed by atoms with E-state index in [0.29, 0.717) is 5.75 Å². The Morgan fingerprint density at radius 2 is 1.80 bits per heavy atom. The molecule has 2 aromatic carbocycles. The van der Waals surface area contributed by atoms with Crippen molar-refractivity contribution in [3.8, 4) is 11.5 Å². The maximum absolute atomic E-state index is 13.8. The van der Waals surface area contributed by atoms with Crippen LogP contribution in [0.25, 0.3) is 0 Å². The maximum atomic E-state index is 13.8. The van der Waals surface area contributed by atoms with Crippen molar-refractivity contribution in [3.05, 3.63) is 57.3 Å². The van der Waals surface area contributed by atoms with E-state index in [1.807, 2.05) is 13.8 Å². The van der Waals surface area contributed by atoms with Crippen molar-refractivity contribution >= 4 is 21.9 Å². The monoisotopic (exact) mass is 338 g/mol. The van der Waals surface area contributed by atoms with Gasteiger partial charge in [0, 0.05) is 4.47 Å². The van der Waals surface area contributed by atoms with E-state index in [1.54, 1.807) is 12.1 Å². The molecule has 1 N–H and O–H groups in total.